The molecular formula is C21H22FN3O5S. The molecule has 1 heterocycles. The molecule has 2 aromatic carbocycles. The van der Waals surface area contributed by atoms with Crippen LogP contribution < -0.4 is 19.9 Å². The molecule has 0 fully saturated rings. The average molecular weight is 447 g/mol. The van der Waals surface area contributed by atoms with E-state index in [4.69, 9.17) is 19.9 Å². The van der Waals surface area contributed by atoms with Crippen LogP contribution in [-0.4, -0.2) is 50.5 Å². The molecule has 1 amide bonds. The van der Waals surface area contributed by atoms with Gasteiger partial charge in [0.1, 0.15) is 10.8 Å². The normalized spacial score (nSPS) is 14.1. The van der Waals surface area contributed by atoms with Crippen LogP contribution in [-0.2, 0) is 4.74 Å². The molecular weight excluding hydrogens is 425 g/mol. The van der Waals surface area contributed by atoms with Gasteiger partial charge in [-0.1, -0.05) is 0 Å². The molecule has 0 unspecified atom stereocenters. The van der Waals surface area contributed by atoms with Crippen molar-refractivity contribution in [3.05, 3.63) is 41.7 Å². The van der Waals surface area contributed by atoms with Gasteiger partial charge in [-0.05, 0) is 36.6 Å². The maximum Gasteiger partial charge on any atom is 0.434 e. The first-order valence-corrected chi connectivity index (χ1v) is 10.5. The smallest absolute Gasteiger partial charge is 0.434 e. The molecule has 1 aliphatic rings. The Hall–Kier alpha value is -3.27. The van der Waals surface area contributed by atoms with Gasteiger partial charge in [0, 0.05) is 17.7 Å². The van der Waals surface area contributed by atoms with Crippen LogP contribution in [0.1, 0.15) is 12.0 Å². The zero-order valence-corrected chi connectivity index (χ0v) is 18.1. The first-order valence-electron chi connectivity index (χ1n) is 9.30. The van der Waals surface area contributed by atoms with Crippen LogP contribution in [0.15, 0.2) is 40.3 Å². The van der Waals surface area contributed by atoms with Crippen LogP contribution >= 0.6 is 11.8 Å². The summed E-state index contributed by atoms with van der Waals surface area (Å²) in [5.74, 6) is -0.311. The number of benzene rings is 2. The van der Waals surface area contributed by atoms with Crippen molar-refractivity contribution in [3.8, 4) is 17.2 Å². The zero-order valence-electron chi connectivity index (χ0n) is 17.3. The third kappa shape index (κ3) is 5.08. The van der Waals surface area contributed by atoms with Crippen LogP contribution in [0.2, 0.25) is 0 Å². The van der Waals surface area contributed by atoms with Gasteiger partial charge in [-0.3, -0.25) is 0 Å². The minimum absolute atomic E-state index is 0.0370. The molecule has 0 saturated heterocycles. The largest absolute Gasteiger partial charge is 0.493 e. The number of thioether (sulfide) groups is 1. The van der Waals surface area contributed by atoms with E-state index in [1.165, 1.54) is 20.3 Å². The van der Waals surface area contributed by atoms with Crippen LogP contribution in [0.3, 0.4) is 0 Å². The second-order valence-electron chi connectivity index (χ2n) is 6.29. The Labute approximate surface area is 183 Å². The number of methoxy groups -OCH3 is 2. The van der Waals surface area contributed by atoms with Gasteiger partial charge in [0.15, 0.2) is 11.6 Å². The molecule has 1 aliphatic heterocycles. The highest BCUT2D eigenvalue weighted by molar-refractivity contribution is 8.15. The fourth-order valence-corrected chi connectivity index (χ4v) is 3.33. The predicted molar refractivity (Wildman–Crippen MR) is 119 cm³/mol. The van der Waals surface area contributed by atoms with Crippen LogP contribution in [0.5, 0.6) is 17.2 Å². The predicted octanol–water partition coefficient (Wildman–Crippen LogP) is 4.23. The number of nitrogens with two attached hydrogens (primary N) is 1. The molecule has 164 valence electrons. The molecule has 2 N–H and O–H groups in total. The highest BCUT2D eigenvalue weighted by atomic mass is 32.2. The quantitative estimate of drug-likeness (QED) is 0.425. The fraction of sp³-hybridized carbons (Fsp3) is 0.286. The zero-order chi connectivity index (χ0) is 22.4. The molecule has 0 spiro atoms. The number of rotatable bonds is 4. The summed E-state index contributed by atoms with van der Waals surface area (Å²) in [6.07, 6.45) is 1.45. The Morgan fingerprint density at radius 1 is 1.16 bits per heavy atom. The van der Waals surface area contributed by atoms with Crippen molar-refractivity contribution in [1.29, 1.82) is 0 Å². The summed E-state index contributed by atoms with van der Waals surface area (Å²) < 4.78 is 36.9. The van der Waals surface area contributed by atoms with E-state index in [-0.39, 0.29) is 40.2 Å². The Morgan fingerprint density at radius 3 is 2.45 bits per heavy atom. The number of nitrogen functional groups attached to an aromatic ring is 1. The van der Waals surface area contributed by atoms with Crippen LogP contribution in [0.25, 0.3) is 0 Å². The lowest BCUT2D eigenvalue weighted by molar-refractivity contribution is 0.183. The van der Waals surface area contributed by atoms with E-state index in [1.807, 2.05) is 0 Å². The monoisotopic (exact) mass is 447 g/mol. The van der Waals surface area contributed by atoms with Gasteiger partial charge in [0.05, 0.1) is 33.1 Å². The summed E-state index contributed by atoms with van der Waals surface area (Å²) in [7, 11) is 2.65. The van der Waals surface area contributed by atoms with Crippen LogP contribution in [0, 0.1) is 5.82 Å². The third-order valence-electron chi connectivity index (χ3n) is 4.30. The lowest BCUT2D eigenvalue weighted by Crippen LogP contribution is -2.17. The SMILES string of the molecule is COC(=O)/N=C(SC)/C(=N/c1ccc(N)cc1)c1cc(OC)c2c(c1F)OCCCO2. The van der Waals surface area contributed by atoms with Crippen LogP contribution in [0.4, 0.5) is 20.6 Å². The van der Waals surface area contributed by atoms with E-state index in [1.54, 1.807) is 30.5 Å². The molecule has 2 aromatic rings. The molecule has 3 rings (SSSR count). The van der Waals surface area contributed by atoms with Crippen molar-refractivity contribution >= 4 is 40.0 Å². The first-order chi connectivity index (χ1) is 15.0. The Bertz CT molecular complexity index is 1020. The lowest BCUT2D eigenvalue weighted by Gasteiger charge is -2.17. The molecule has 0 atom stereocenters. The summed E-state index contributed by atoms with van der Waals surface area (Å²) >= 11 is 1.12. The summed E-state index contributed by atoms with van der Waals surface area (Å²) in [6.45, 7) is 0.654. The molecule has 10 heteroatoms. The van der Waals surface area contributed by atoms with Crippen molar-refractivity contribution in [1.82, 2.24) is 0 Å². The molecule has 0 aliphatic carbocycles. The van der Waals surface area contributed by atoms with Gasteiger partial charge in [-0.15, -0.1) is 11.8 Å². The number of amides is 1. The second kappa shape index (κ2) is 10.2. The third-order valence-corrected chi connectivity index (χ3v) is 4.97. The molecule has 8 nitrogen and oxygen atoms in total. The van der Waals surface area contributed by atoms with E-state index in [2.05, 4.69) is 14.7 Å². The Balaban J connectivity index is 2.26. The Morgan fingerprint density at radius 2 is 1.84 bits per heavy atom. The molecule has 31 heavy (non-hydrogen) atoms. The van der Waals surface area contributed by atoms with Gasteiger partial charge < -0.3 is 24.7 Å². The number of hydrogen-bond acceptors (Lipinski definition) is 8. The number of fused-ring (bicyclic) bond motifs is 1. The van der Waals surface area contributed by atoms with E-state index in [0.717, 1.165) is 11.8 Å². The standard InChI is InChI=1S/C21H22FN3O5S/c1-27-15-11-14(16(22)19-18(15)29-9-4-10-30-19)17(20(31-3)25-21(26)28-2)24-13-7-5-12(23)6-8-13/h5-8,11H,4,9-10,23H2,1-3H3/b24-17+,25-20-. The number of hydrogen-bond donors (Lipinski definition) is 1. The van der Waals surface area contributed by atoms with Crippen molar-refractivity contribution in [2.75, 3.05) is 39.4 Å². The first kappa shape index (κ1) is 22.4. The number of carbonyl (C=O) groups is 1. The summed E-state index contributed by atoms with van der Waals surface area (Å²) in [5.41, 5.74) is 6.93. The van der Waals surface area contributed by atoms with Crippen molar-refractivity contribution in [2.24, 2.45) is 9.98 Å². The number of nitrogens with zero attached hydrogens (tertiary/aromatic N) is 2. The average Bonchev–Trinajstić information content (AvgIpc) is 3.04. The summed E-state index contributed by atoms with van der Waals surface area (Å²) in [5, 5.41) is 0.152. The minimum atomic E-state index is -0.837. The van der Waals surface area contributed by atoms with Gasteiger partial charge in [0.2, 0.25) is 11.5 Å². The van der Waals surface area contributed by atoms with Crippen molar-refractivity contribution in [2.45, 2.75) is 6.42 Å². The molecule has 0 saturated carbocycles. The number of halogens is 1. The maximum absolute atomic E-state index is 15.6. The highest BCUT2D eigenvalue weighted by Gasteiger charge is 2.28. The number of aliphatic imine (C=N–C) groups is 2. The van der Waals surface area contributed by atoms with Crippen molar-refractivity contribution in [3.63, 3.8) is 0 Å². The van der Waals surface area contributed by atoms with Crippen molar-refractivity contribution < 1.29 is 28.1 Å². The van der Waals surface area contributed by atoms with Gasteiger partial charge in [-0.25, -0.2) is 14.2 Å². The molecule has 0 aromatic heterocycles. The van der Waals surface area contributed by atoms with E-state index in [9.17, 15) is 4.79 Å². The number of anilines is 1. The Kier molecular flexibility index (Phi) is 7.35. The van der Waals surface area contributed by atoms with E-state index < -0.39 is 11.9 Å². The van der Waals surface area contributed by atoms with Gasteiger partial charge in [-0.2, -0.15) is 4.99 Å². The second-order valence-corrected chi connectivity index (χ2v) is 7.09. The maximum atomic E-state index is 15.6. The molecule has 0 radical (unpaired) electrons. The number of carbonyl (C=O) groups excluding carboxylic acids is 1. The number of ether oxygens (including phenoxy) is 4. The topological polar surface area (TPSA) is 105 Å². The van der Waals surface area contributed by atoms with E-state index in [0.29, 0.717) is 24.4 Å². The minimum Gasteiger partial charge on any atom is -0.493 e. The van der Waals surface area contributed by atoms with Gasteiger partial charge in [0.25, 0.3) is 0 Å². The fourth-order valence-electron chi connectivity index (χ4n) is 2.82. The summed E-state index contributed by atoms with van der Waals surface area (Å²) in [6, 6.07) is 8.12. The lowest BCUT2D eigenvalue weighted by atomic mass is 10.1. The van der Waals surface area contributed by atoms with E-state index >= 15 is 4.39 Å². The summed E-state index contributed by atoms with van der Waals surface area (Å²) in [4.78, 5) is 20.3. The van der Waals surface area contributed by atoms with Gasteiger partial charge >= 0.3 is 6.09 Å². The highest BCUT2D eigenvalue weighted by Crippen LogP contribution is 2.43. The molecule has 0 bridgehead atoms.